The van der Waals surface area contributed by atoms with Crippen LogP contribution in [-0.2, 0) is 18.9 Å². The molecule has 0 bridgehead atoms. The Morgan fingerprint density at radius 2 is 1.78 bits per heavy atom. The summed E-state index contributed by atoms with van der Waals surface area (Å²) >= 11 is 0.551. The Morgan fingerprint density at radius 1 is 1.07 bits per heavy atom. The maximum absolute atomic E-state index is 13.2. The van der Waals surface area contributed by atoms with Crippen molar-refractivity contribution in [2.45, 2.75) is 25.8 Å². The highest BCUT2D eigenvalue weighted by molar-refractivity contribution is 7.13. The van der Waals surface area contributed by atoms with Gasteiger partial charge in [0.05, 0.1) is 11.3 Å². The maximum atomic E-state index is 13.2. The molecular weight excluding hydrogens is 400 g/mol. The highest BCUT2D eigenvalue weighted by Gasteiger charge is 2.38. The van der Waals surface area contributed by atoms with E-state index >= 15 is 0 Å². The van der Waals surface area contributed by atoms with Crippen LogP contribution >= 0.6 is 11.3 Å². The molecular formula is C14H9F6N5OS. The van der Waals surface area contributed by atoms with E-state index < -0.39 is 41.0 Å². The minimum atomic E-state index is -4.79. The van der Waals surface area contributed by atoms with Crippen molar-refractivity contribution in [3.8, 4) is 28.0 Å². The SMILES string of the molecule is CCn1cc(-c2cc(O)nc(-c3nc(C(F)(F)F)cs3)n2)c(C(F)(F)F)n1. The molecule has 1 N–H and O–H groups in total. The fraction of sp³-hybridized carbons (Fsp3) is 0.286. The second kappa shape index (κ2) is 6.48. The number of aromatic hydroxyl groups is 1. The van der Waals surface area contributed by atoms with Crippen LogP contribution in [0.4, 0.5) is 26.3 Å². The first kappa shape index (κ1) is 19.1. The number of thiazole rings is 1. The van der Waals surface area contributed by atoms with Gasteiger partial charge in [0.15, 0.2) is 22.2 Å². The van der Waals surface area contributed by atoms with E-state index in [4.69, 9.17) is 0 Å². The highest BCUT2D eigenvalue weighted by atomic mass is 32.1. The molecule has 0 fully saturated rings. The van der Waals surface area contributed by atoms with Gasteiger partial charge < -0.3 is 5.11 Å². The Labute approximate surface area is 151 Å². The van der Waals surface area contributed by atoms with Crippen LogP contribution in [0.5, 0.6) is 5.88 Å². The Kier molecular flexibility index (Phi) is 4.57. The zero-order valence-corrected chi connectivity index (χ0v) is 14.1. The van der Waals surface area contributed by atoms with E-state index in [9.17, 15) is 31.4 Å². The Morgan fingerprint density at radius 3 is 2.33 bits per heavy atom. The Hall–Kier alpha value is -2.70. The average Bonchev–Trinajstić information content (AvgIpc) is 3.20. The predicted molar refractivity (Wildman–Crippen MR) is 81.7 cm³/mol. The third-order valence-electron chi connectivity index (χ3n) is 3.33. The monoisotopic (exact) mass is 409 g/mol. The molecule has 3 heterocycles. The van der Waals surface area contributed by atoms with E-state index in [1.54, 1.807) is 6.92 Å². The molecule has 0 unspecified atom stereocenters. The van der Waals surface area contributed by atoms with Gasteiger partial charge in [-0.05, 0) is 6.92 Å². The van der Waals surface area contributed by atoms with Gasteiger partial charge in [0.1, 0.15) is 0 Å². The zero-order chi connectivity index (χ0) is 20.0. The second-order valence-corrected chi connectivity index (χ2v) is 6.07. The van der Waals surface area contributed by atoms with Gasteiger partial charge >= 0.3 is 12.4 Å². The van der Waals surface area contributed by atoms with Crippen LogP contribution in [-0.4, -0.2) is 29.8 Å². The fourth-order valence-electron chi connectivity index (χ4n) is 2.15. The van der Waals surface area contributed by atoms with Gasteiger partial charge in [-0.3, -0.25) is 4.68 Å². The van der Waals surface area contributed by atoms with Gasteiger partial charge in [0, 0.05) is 24.2 Å². The standard InChI is InChI=1S/C14H9F6N5OS/c1-2-25-4-6(10(24-25)14(18,19)20)7-3-9(26)23-11(21-7)12-22-8(5-27-12)13(15,16)17/h3-5H,2H2,1H3,(H,21,23,26). The predicted octanol–water partition coefficient (Wildman–Crippen LogP) is 4.23. The molecule has 0 spiro atoms. The first-order valence-electron chi connectivity index (χ1n) is 7.25. The van der Waals surface area contributed by atoms with Crippen LogP contribution in [0, 0.1) is 0 Å². The van der Waals surface area contributed by atoms with E-state index in [0.717, 1.165) is 22.3 Å². The number of hydrogen-bond acceptors (Lipinski definition) is 6. The quantitative estimate of drug-likeness (QED) is 0.656. The van der Waals surface area contributed by atoms with Crippen molar-refractivity contribution in [1.82, 2.24) is 24.7 Å². The van der Waals surface area contributed by atoms with Crippen LogP contribution in [0.3, 0.4) is 0 Å². The molecule has 0 radical (unpaired) electrons. The average molecular weight is 409 g/mol. The molecule has 0 atom stereocenters. The summed E-state index contributed by atoms with van der Waals surface area (Å²) in [4.78, 5) is 10.7. The van der Waals surface area contributed by atoms with Crippen molar-refractivity contribution in [2.75, 3.05) is 0 Å². The van der Waals surface area contributed by atoms with Crippen molar-refractivity contribution in [3.63, 3.8) is 0 Å². The fourth-order valence-corrected chi connectivity index (χ4v) is 2.91. The van der Waals surface area contributed by atoms with Gasteiger partial charge in [-0.15, -0.1) is 11.3 Å². The van der Waals surface area contributed by atoms with Crippen LogP contribution in [0.1, 0.15) is 18.3 Å². The number of rotatable bonds is 3. The second-order valence-electron chi connectivity index (χ2n) is 5.22. The lowest BCUT2D eigenvalue weighted by molar-refractivity contribution is -0.141. The molecule has 3 aromatic rings. The summed E-state index contributed by atoms with van der Waals surface area (Å²) in [6.45, 7) is 1.72. The minimum Gasteiger partial charge on any atom is -0.493 e. The molecule has 27 heavy (non-hydrogen) atoms. The molecule has 6 nitrogen and oxygen atoms in total. The molecule has 3 rings (SSSR count). The summed E-state index contributed by atoms with van der Waals surface area (Å²) < 4.78 is 78.8. The molecule has 13 heteroatoms. The molecule has 0 aromatic carbocycles. The lowest BCUT2D eigenvalue weighted by atomic mass is 10.1. The van der Waals surface area contributed by atoms with Crippen molar-refractivity contribution < 1.29 is 31.4 Å². The zero-order valence-electron chi connectivity index (χ0n) is 13.3. The summed E-state index contributed by atoms with van der Waals surface area (Å²) in [5.74, 6) is -1.14. The number of aryl methyl sites for hydroxylation is 1. The molecule has 0 aliphatic rings. The molecule has 0 saturated heterocycles. The number of aromatic nitrogens is 5. The van der Waals surface area contributed by atoms with Crippen molar-refractivity contribution >= 4 is 11.3 Å². The van der Waals surface area contributed by atoms with Gasteiger partial charge in [0.25, 0.3) is 0 Å². The van der Waals surface area contributed by atoms with Crippen molar-refractivity contribution in [2.24, 2.45) is 0 Å². The molecule has 3 aromatic heterocycles. The van der Waals surface area contributed by atoms with E-state index in [1.807, 2.05) is 0 Å². The van der Waals surface area contributed by atoms with Crippen molar-refractivity contribution in [3.05, 3.63) is 29.0 Å². The van der Waals surface area contributed by atoms with E-state index in [0.29, 0.717) is 11.3 Å². The highest BCUT2D eigenvalue weighted by Crippen LogP contribution is 2.37. The third kappa shape index (κ3) is 3.86. The Balaban J connectivity index is 2.12. The smallest absolute Gasteiger partial charge is 0.435 e. The van der Waals surface area contributed by atoms with Gasteiger partial charge in [0.2, 0.25) is 5.88 Å². The Bertz CT molecular complexity index is 977. The summed E-state index contributed by atoms with van der Waals surface area (Å²) in [5, 5.41) is 13.6. The van der Waals surface area contributed by atoms with Gasteiger partial charge in [-0.1, -0.05) is 0 Å². The summed E-state index contributed by atoms with van der Waals surface area (Å²) in [7, 11) is 0. The number of hydrogen-bond donors (Lipinski definition) is 1. The van der Waals surface area contributed by atoms with Crippen LogP contribution in [0.25, 0.3) is 22.1 Å². The number of halogens is 6. The lowest BCUT2D eigenvalue weighted by Gasteiger charge is -2.07. The minimum absolute atomic E-state index is 0.147. The van der Waals surface area contributed by atoms with Gasteiger partial charge in [-0.2, -0.15) is 36.4 Å². The third-order valence-corrected chi connectivity index (χ3v) is 4.17. The normalized spacial score (nSPS) is 12.6. The molecule has 144 valence electrons. The largest absolute Gasteiger partial charge is 0.493 e. The number of alkyl halides is 6. The lowest BCUT2D eigenvalue weighted by Crippen LogP contribution is -2.09. The molecule has 0 aliphatic heterocycles. The van der Waals surface area contributed by atoms with E-state index in [2.05, 4.69) is 20.1 Å². The van der Waals surface area contributed by atoms with Gasteiger partial charge in [-0.25, -0.2) is 9.97 Å². The first-order valence-corrected chi connectivity index (χ1v) is 8.13. The maximum Gasteiger partial charge on any atom is 0.435 e. The molecule has 0 aliphatic carbocycles. The van der Waals surface area contributed by atoms with Crippen LogP contribution < -0.4 is 0 Å². The molecule has 0 saturated carbocycles. The molecule has 0 amide bonds. The van der Waals surface area contributed by atoms with Crippen molar-refractivity contribution in [1.29, 1.82) is 0 Å². The summed E-state index contributed by atoms with van der Waals surface area (Å²) in [6.07, 6.45) is -8.40. The van der Waals surface area contributed by atoms with Crippen LogP contribution in [0.2, 0.25) is 0 Å². The topological polar surface area (TPSA) is 76.7 Å². The summed E-state index contributed by atoms with van der Waals surface area (Å²) in [6, 6.07) is 0.869. The summed E-state index contributed by atoms with van der Waals surface area (Å²) in [5.41, 5.74) is -3.20. The number of nitrogens with zero attached hydrogens (tertiary/aromatic N) is 5. The first-order chi connectivity index (χ1) is 12.5. The van der Waals surface area contributed by atoms with E-state index in [1.165, 1.54) is 0 Å². The van der Waals surface area contributed by atoms with Crippen LogP contribution in [0.15, 0.2) is 17.6 Å². The van der Waals surface area contributed by atoms with E-state index in [-0.39, 0.29) is 17.2 Å².